The fourth-order valence-corrected chi connectivity index (χ4v) is 2.49. The summed E-state index contributed by atoms with van der Waals surface area (Å²) in [6, 6.07) is 12.3. The van der Waals surface area contributed by atoms with Crippen molar-refractivity contribution < 1.29 is 17.6 Å². The summed E-state index contributed by atoms with van der Waals surface area (Å²) in [5, 5.41) is 2.70. The van der Waals surface area contributed by atoms with Crippen molar-refractivity contribution in [3.8, 4) is 0 Å². The lowest BCUT2D eigenvalue weighted by Crippen LogP contribution is -2.11. The number of nitrogens with one attached hydrogen (secondary N) is 2. The zero-order valence-electron chi connectivity index (χ0n) is 13.0. The highest BCUT2D eigenvalue weighted by atomic mass is 32.2. The number of hydrogen-bond donors (Lipinski definition) is 2. The van der Waals surface area contributed by atoms with Crippen molar-refractivity contribution in [1.29, 1.82) is 0 Å². The first-order valence-electron chi connectivity index (χ1n) is 7.12. The van der Waals surface area contributed by atoms with Crippen LogP contribution in [0.15, 0.2) is 54.6 Å². The van der Waals surface area contributed by atoms with Gasteiger partial charge in [-0.1, -0.05) is 24.3 Å². The largest absolute Gasteiger partial charge is 0.326 e. The Morgan fingerprint density at radius 3 is 2.21 bits per heavy atom. The molecule has 0 fully saturated rings. The Morgan fingerprint density at radius 2 is 1.62 bits per heavy atom. The minimum atomic E-state index is -3.32. The third kappa shape index (κ3) is 6.21. The van der Waals surface area contributed by atoms with Crippen LogP contribution in [-0.2, 0) is 14.8 Å². The van der Waals surface area contributed by atoms with E-state index in [4.69, 9.17) is 0 Å². The molecule has 0 bridgehead atoms. The number of sulfonamides is 1. The van der Waals surface area contributed by atoms with E-state index in [0.717, 1.165) is 11.8 Å². The molecule has 0 heterocycles. The molecule has 0 aliphatic rings. The minimum absolute atomic E-state index is 0.167. The molecule has 2 rings (SSSR count). The predicted octanol–water partition coefficient (Wildman–Crippen LogP) is 3.24. The summed E-state index contributed by atoms with van der Waals surface area (Å²) in [5.74, 6) is -0.518. The van der Waals surface area contributed by atoms with Crippen LogP contribution in [0, 0.1) is 5.82 Å². The number of carbonyl (C=O) groups is 1. The minimum Gasteiger partial charge on any atom is -0.326 e. The Kier molecular flexibility index (Phi) is 5.70. The summed E-state index contributed by atoms with van der Waals surface area (Å²) in [7, 11) is -3.32. The molecule has 7 heteroatoms. The Hall–Kier alpha value is -2.67. The molecule has 1 amide bonds. The van der Waals surface area contributed by atoms with Gasteiger partial charge in [-0.3, -0.25) is 9.52 Å². The molecule has 0 aliphatic carbocycles. The molecule has 0 unspecified atom stereocenters. The second-order valence-corrected chi connectivity index (χ2v) is 6.91. The number of benzene rings is 2. The predicted molar refractivity (Wildman–Crippen MR) is 93.6 cm³/mol. The van der Waals surface area contributed by atoms with Crippen molar-refractivity contribution >= 4 is 33.4 Å². The molecule has 2 N–H and O–H groups in total. The third-order valence-electron chi connectivity index (χ3n) is 2.96. The van der Waals surface area contributed by atoms with Crippen LogP contribution in [0.3, 0.4) is 0 Å². The first-order valence-corrected chi connectivity index (χ1v) is 9.01. The van der Waals surface area contributed by atoms with Crippen LogP contribution >= 0.6 is 0 Å². The number of carbonyl (C=O) groups excluding carboxylic acids is 1. The van der Waals surface area contributed by atoms with Crippen LogP contribution in [0.5, 0.6) is 0 Å². The van der Waals surface area contributed by atoms with E-state index < -0.39 is 10.0 Å². The molecule has 2 aromatic rings. The summed E-state index contributed by atoms with van der Waals surface area (Å²) in [5.41, 5.74) is 1.79. The Labute approximate surface area is 140 Å². The van der Waals surface area contributed by atoms with E-state index in [0.29, 0.717) is 11.4 Å². The lowest BCUT2D eigenvalue weighted by Gasteiger charge is -2.06. The van der Waals surface area contributed by atoms with Gasteiger partial charge in [-0.15, -0.1) is 0 Å². The monoisotopic (exact) mass is 348 g/mol. The zero-order chi connectivity index (χ0) is 17.6. The molecule has 0 saturated heterocycles. The first kappa shape index (κ1) is 17.7. The number of amides is 1. The van der Waals surface area contributed by atoms with Crippen LogP contribution in [0.2, 0.25) is 0 Å². The highest BCUT2D eigenvalue weighted by Crippen LogP contribution is 2.15. The Balaban J connectivity index is 1.87. The van der Waals surface area contributed by atoms with E-state index in [1.165, 1.54) is 12.1 Å². The molecule has 0 aromatic heterocycles. The summed E-state index contributed by atoms with van der Waals surface area (Å²) in [6.07, 6.45) is 4.65. The standard InChI is InChI=1S/C17H17FN2O3S/c1-24(22,23)20-16-11-9-15(10-12-16)19-17(21)4-2-3-13-5-7-14(18)8-6-13/h2-3,5-12,20H,4H2,1H3,(H,19,21)/b3-2-. The molecule has 0 saturated carbocycles. The van der Waals surface area contributed by atoms with E-state index in [-0.39, 0.29) is 18.1 Å². The Morgan fingerprint density at radius 1 is 1.04 bits per heavy atom. The van der Waals surface area contributed by atoms with Gasteiger partial charge in [0.1, 0.15) is 5.82 Å². The topological polar surface area (TPSA) is 75.3 Å². The van der Waals surface area contributed by atoms with E-state index in [1.54, 1.807) is 48.6 Å². The van der Waals surface area contributed by atoms with Crippen molar-refractivity contribution in [2.45, 2.75) is 6.42 Å². The SMILES string of the molecule is CS(=O)(=O)Nc1ccc(NC(=O)C/C=C\c2ccc(F)cc2)cc1. The number of hydrogen-bond acceptors (Lipinski definition) is 3. The van der Waals surface area contributed by atoms with Crippen molar-refractivity contribution in [2.75, 3.05) is 16.3 Å². The maximum absolute atomic E-state index is 12.8. The van der Waals surface area contributed by atoms with Crippen LogP contribution in [-0.4, -0.2) is 20.6 Å². The van der Waals surface area contributed by atoms with Gasteiger partial charge in [0, 0.05) is 17.8 Å². The molecule has 24 heavy (non-hydrogen) atoms. The second kappa shape index (κ2) is 7.74. The van der Waals surface area contributed by atoms with Crippen LogP contribution in [0.4, 0.5) is 15.8 Å². The third-order valence-corrected chi connectivity index (χ3v) is 3.56. The average molecular weight is 348 g/mol. The highest BCUT2D eigenvalue weighted by Gasteiger charge is 2.03. The van der Waals surface area contributed by atoms with Crippen molar-refractivity contribution in [3.05, 3.63) is 66.0 Å². The summed E-state index contributed by atoms with van der Waals surface area (Å²) >= 11 is 0. The van der Waals surface area contributed by atoms with Crippen molar-refractivity contribution in [2.24, 2.45) is 0 Å². The van der Waals surface area contributed by atoms with Crippen molar-refractivity contribution in [1.82, 2.24) is 0 Å². The quantitative estimate of drug-likeness (QED) is 0.841. The maximum atomic E-state index is 12.8. The molecule has 0 aliphatic heterocycles. The van der Waals surface area contributed by atoms with E-state index in [1.807, 2.05) is 0 Å². The van der Waals surface area contributed by atoms with Gasteiger partial charge in [-0.25, -0.2) is 12.8 Å². The van der Waals surface area contributed by atoms with E-state index in [9.17, 15) is 17.6 Å². The average Bonchev–Trinajstić information content (AvgIpc) is 2.50. The molecule has 5 nitrogen and oxygen atoms in total. The number of anilines is 2. The lowest BCUT2D eigenvalue weighted by atomic mass is 10.2. The van der Waals surface area contributed by atoms with Gasteiger partial charge in [0.25, 0.3) is 0 Å². The smallest absolute Gasteiger partial charge is 0.229 e. The van der Waals surface area contributed by atoms with Gasteiger partial charge >= 0.3 is 0 Å². The summed E-state index contributed by atoms with van der Waals surface area (Å²) < 4.78 is 37.3. The van der Waals surface area contributed by atoms with E-state index >= 15 is 0 Å². The molecular formula is C17H17FN2O3S. The normalized spacial score (nSPS) is 11.4. The van der Waals surface area contributed by atoms with Crippen LogP contribution < -0.4 is 10.0 Å². The zero-order valence-corrected chi connectivity index (χ0v) is 13.8. The van der Waals surface area contributed by atoms with Gasteiger partial charge in [0.05, 0.1) is 6.26 Å². The maximum Gasteiger partial charge on any atom is 0.229 e. The van der Waals surface area contributed by atoms with Gasteiger partial charge in [-0.2, -0.15) is 0 Å². The van der Waals surface area contributed by atoms with Crippen LogP contribution in [0.25, 0.3) is 6.08 Å². The highest BCUT2D eigenvalue weighted by molar-refractivity contribution is 7.92. The molecule has 0 spiro atoms. The fourth-order valence-electron chi connectivity index (χ4n) is 1.92. The second-order valence-electron chi connectivity index (χ2n) is 5.16. The van der Waals surface area contributed by atoms with Gasteiger partial charge < -0.3 is 5.32 Å². The van der Waals surface area contributed by atoms with Gasteiger partial charge in [0.2, 0.25) is 15.9 Å². The number of rotatable bonds is 6. The fraction of sp³-hybridized carbons (Fsp3) is 0.118. The molecule has 126 valence electrons. The van der Waals surface area contributed by atoms with Crippen LogP contribution in [0.1, 0.15) is 12.0 Å². The molecule has 0 atom stereocenters. The van der Waals surface area contributed by atoms with E-state index in [2.05, 4.69) is 10.0 Å². The lowest BCUT2D eigenvalue weighted by molar-refractivity contribution is -0.115. The molecule has 2 aromatic carbocycles. The molecule has 0 radical (unpaired) electrons. The van der Waals surface area contributed by atoms with Crippen molar-refractivity contribution in [3.63, 3.8) is 0 Å². The summed E-state index contributed by atoms with van der Waals surface area (Å²) in [6.45, 7) is 0. The number of halogens is 1. The van der Waals surface area contributed by atoms with Gasteiger partial charge in [-0.05, 0) is 42.0 Å². The first-order chi connectivity index (χ1) is 11.3. The Bertz CT molecular complexity index is 829. The summed E-state index contributed by atoms with van der Waals surface area (Å²) in [4.78, 5) is 11.8. The molecular weight excluding hydrogens is 331 g/mol. The van der Waals surface area contributed by atoms with Gasteiger partial charge in [0.15, 0.2) is 0 Å².